The van der Waals surface area contributed by atoms with Gasteiger partial charge in [-0.15, -0.1) is 11.6 Å². The Hall–Kier alpha value is -2.39. The van der Waals surface area contributed by atoms with Crippen LogP contribution in [0.3, 0.4) is 0 Å². The largest absolute Gasteiger partial charge is 0.485 e. The lowest BCUT2D eigenvalue weighted by Gasteiger charge is -2.52. The molecule has 8 nitrogen and oxygen atoms in total. The molecule has 0 aliphatic carbocycles. The molecule has 2 heterocycles. The summed E-state index contributed by atoms with van der Waals surface area (Å²) in [4.78, 5) is 35.6. The molecule has 1 aromatic carbocycles. The van der Waals surface area contributed by atoms with Crippen LogP contribution in [0, 0.1) is 0 Å². The highest BCUT2D eigenvalue weighted by molar-refractivity contribution is 7.92. The zero-order chi connectivity index (χ0) is 20.0. The quantitative estimate of drug-likeness (QED) is 0.402. The van der Waals surface area contributed by atoms with Crippen molar-refractivity contribution < 1.29 is 32.3 Å². The molecule has 1 fully saturated rings. The summed E-state index contributed by atoms with van der Waals surface area (Å²) in [7, 11) is -3.95. The summed E-state index contributed by atoms with van der Waals surface area (Å²) in [6.07, 6.45) is 0. The summed E-state index contributed by atoms with van der Waals surface area (Å²) in [5.41, 5.74) is -0.316. The lowest BCUT2D eigenvalue weighted by Crippen LogP contribution is -2.74. The minimum Gasteiger partial charge on any atom is -0.485 e. The number of benzene rings is 1. The van der Waals surface area contributed by atoms with Gasteiger partial charge >= 0.3 is 5.97 Å². The van der Waals surface area contributed by atoms with E-state index in [0.717, 1.165) is 11.8 Å². The molecule has 1 aromatic rings. The molecule has 0 spiro atoms. The van der Waals surface area contributed by atoms with E-state index in [-0.39, 0.29) is 5.70 Å². The second kappa shape index (κ2) is 6.65. The van der Waals surface area contributed by atoms with Gasteiger partial charge in [-0.25, -0.2) is 8.42 Å². The zero-order valence-electron chi connectivity index (χ0n) is 14.5. The van der Waals surface area contributed by atoms with Gasteiger partial charge in [-0.2, -0.15) is 0 Å². The van der Waals surface area contributed by atoms with Crippen molar-refractivity contribution in [2.24, 2.45) is 0 Å². The van der Waals surface area contributed by atoms with Crippen molar-refractivity contribution in [3.63, 3.8) is 0 Å². The van der Waals surface area contributed by atoms with Gasteiger partial charge in [0.1, 0.15) is 17.2 Å². The highest BCUT2D eigenvalue weighted by Gasteiger charge is 2.67. The van der Waals surface area contributed by atoms with Crippen LogP contribution in [-0.2, 0) is 29.0 Å². The van der Waals surface area contributed by atoms with Crippen molar-refractivity contribution in [1.82, 2.24) is 4.90 Å². The van der Waals surface area contributed by atoms with Gasteiger partial charge in [0.25, 0.3) is 5.91 Å². The summed E-state index contributed by atoms with van der Waals surface area (Å²) < 4.78 is 35.3. The average Bonchev–Trinajstić information content (AvgIpc) is 2.58. The van der Waals surface area contributed by atoms with Crippen LogP contribution >= 0.6 is 11.6 Å². The average molecular weight is 414 g/mol. The summed E-state index contributed by atoms with van der Waals surface area (Å²) in [5, 5.41) is -1.41. The maximum Gasteiger partial charge on any atom is 0.307 e. The zero-order valence-corrected chi connectivity index (χ0v) is 16.0. The van der Waals surface area contributed by atoms with E-state index in [1.165, 1.54) is 6.92 Å². The van der Waals surface area contributed by atoms with Crippen LogP contribution in [0.4, 0.5) is 0 Å². The minimum atomic E-state index is -3.95. The summed E-state index contributed by atoms with van der Waals surface area (Å²) in [6.45, 7) is 1.87. The van der Waals surface area contributed by atoms with Crippen LogP contribution in [0.5, 0.6) is 5.75 Å². The van der Waals surface area contributed by atoms with Gasteiger partial charge in [0, 0.05) is 6.92 Å². The number of ether oxygens (including phenoxy) is 2. The second-order valence-electron chi connectivity index (χ2n) is 6.30. The normalized spacial score (nSPS) is 26.1. The van der Waals surface area contributed by atoms with Crippen molar-refractivity contribution in [2.75, 3.05) is 12.4 Å². The number of Topliss-reactive ketones (excluding diaryl/α,β-unsaturated/α-hetero) is 1. The van der Waals surface area contributed by atoms with E-state index in [0.29, 0.717) is 5.75 Å². The van der Waals surface area contributed by atoms with E-state index in [2.05, 4.69) is 0 Å². The highest BCUT2D eigenvalue weighted by Crippen LogP contribution is 2.46. The van der Waals surface area contributed by atoms with Gasteiger partial charge in [0.05, 0.1) is 0 Å². The number of nitrogens with zero attached hydrogens (tertiary/aromatic N) is 1. The van der Waals surface area contributed by atoms with Gasteiger partial charge in [-0.3, -0.25) is 19.3 Å². The van der Waals surface area contributed by atoms with E-state index in [1.807, 2.05) is 0 Å². The Bertz CT molecular complexity index is 953. The smallest absolute Gasteiger partial charge is 0.307 e. The van der Waals surface area contributed by atoms with Crippen molar-refractivity contribution in [1.29, 1.82) is 0 Å². The van der Waals surface area contributed by atoms with Crippen molar-refractivity contribution in [3.05, 3.63) is 41.8 Å². The first kappa shape index (κ1) is 19.4. The first-order chi connectivity index (χ1) is 12.6. The summed E-state index contributed by atoms with van der Waals surface area (Å²) in [5.74, 6) is -2.97. The molecule has 144 valence electrons. The first-order valence-corrected chi connectivity index (χ1v) is 10.0. The fourth-order valence-electron chi connectivity index (χ4n) is 3.08. The van der Waals surface area contributed by atoms with E-state index in [9.17, 15) is 22.8 Å². The number of para-hydroxylation sites is 1. The molecule has 0 aromatic heterocycles. The SMILES string of the molecule is CC(=O)OC1=C(C(=O)COc2ccccc2)N2C(=O)[C@](C)(Cl)[C@@H]2S(=O)(=O)C1. The van der Waals surface area contributed by atoms with Crippen molar-refractivity contribution in [3.8, 4) is 5.75 Å². The van der Waals surface area contributed by atoms with Crippen LogP contribution in [0.2, 0.25) is 0 Å². The Morgan fingerprint density at radius 3 is 2.52 bits per heavy atom. The maximum atomic E-state index is 12.7. The maximum absolute atomic E-state index is 12.7. The Kier molecular flexibility index (Phi) is 4.77. The Morgan fingerprint density at radius 1 is 1.30 bits per heavy atom. The number of carbonyl (C=O) groups is 3. The number of β-lactam (4-membered cyclic amide) rings is 1. The van der Waals surface area contributed by atoms with Crippen LogP contribution in [0.1, 0.15) is 13.8 Å². The van der Waals surface area contributed by atoms with E-state index < -0.39 is 55.9 Å². The molecule has 2 aliphatic rings. The number of alkyl halides is 1. The second-order valence-corrected chi connectivity index (χ2v) is 9.15. The Balaban J connectivity index is 1.97. The lowest BCUT2D eigenvalue weighted by atomic mass is 9.96. The van der Waals surface area contributed by atoms with Crippen molar-refractivity contribution in [2.45, 2.75) is 24.1 Å². The van der Waals surface area contributed by atoms with Crippen LogP contribution in [0.25, 0.3) is 0 Å². The van der Waals surface area contributed by atoms with Gasteiger partial charge in [0.15, 0.2) is 32.5 Å². The number of fused-ring (bicyclic) bond motifs is 1. The number of esters is 1. The van der Waals surface area contributed by atoms with Gasteiger partial charge < -0.3 is 9.47 Å². The molecule has 2 aliphatic heterocycles. The van der Waals surface area contributed by atoms with E-state index >= 15 is 0 Å². The molecule has 0 N–H and O–H groups in total. The van der Waals surface area contributed by atoms with Crippen LogP contribution in [-0.4, -0.2) is 53.6 Å². The fourth-order valence-corrected chi connectivity index (χ4v) is 5.69. The molecule has 3 rings (SSSR count). The lowest BCUT2D eigenvalue weighted by molar-refractivity contribution is -0.148. The molecule has 1 saturated heterocycles. The fraction of sp³-hybridized carbons (Fsp3) is 0.353. The number of sulfone groups is 1. The molecule has 10 heteroatoms. The predicted octanol–water partition coefficient (Wildman–Crippen LogP) is 1.00. The third kappa shape index (κ3) is 3.32. The van der Waals surface area contributed by atoms with Crippen LogP contribution < -0.4 is 4.74 Å². The first-order valence-electron chi connectivity index (χ1n) is 7.92. The number of hydrogen-bond donors (Lipinski definition) is 0. The topological polar surface area (TPSA) is 107 Å². The molecular formula is C17H16ClNO7S. The number of halogens is 1. The predicted molar refractivity (Wildman–Crippen MR) is 94.4 cm³/mol. The van der Waals surface area contributed by atoms with E-state index in [4.69, 9.17) is 21.1 Å². The molecule has 1 amide bonds. The van der Waals surface area contributed by atoms with Gasteiger partial charge in [-0.1, -0.05) is 18.2 Å². The standard InChI is InChI=1S/C17H16ClNO7S/c1-10(20)26-13-9-27(23,24)16-17(2,18)15(22)19(16)14(13)12(21)8-25-11-6-4-3-5-7-11/h3-7,16H,8-9H2,1-2H3/t16-,17-/m0/s1. The Morgan fingerprint density at radius 2 is 1.93 bits per heavy atom. The van der Waals surface area contributed by atoms with Gasteiger partial charge in [-0.05, 0) is 19.1 Å². The number of ketones is 1. The van der Waals surface area contributed by atoms with E-state index in [1.54, 1.807) is 30.3 Å². The number of carbonyl (C=O) groups excluding carboxylic acids is 3. The summed E-state index contributed by atoms with van der Waals surface area (Å²) >= 11 is 6.07. The molecule has 0 bridgehead atoms. The minimum absolute atomic E-state index is 0.316. The third-order valence-electron chi connectivity index (χ3n) is 4.16. The number of amides is 1. The molecule has 0 unspecified atom stereocenters. The third-order valence-corrected chi connectivity index (χ3v) is 6.68. The molecule has 0 saturated carbocycles. The van der Waals surface area contributed by atoms with Gasteiger partial charge in [0.2, 0.25) is 5.78 Å². The Labute approximate surface area is 160 Å². The highest BCUT2D eigenvalue weighted by atomic mass is 35.5. The van der Waals surface area contributed by atoms with Crippen molar-refractivity contribution >= 4 is 39.1 Å². The number of hydrogen-bond acceptors (Lipinski definition) is 7. The molecule has 0 radical (unpaired) electrons. The van der Waals surface area contributed by atoms with Crippen LogP contribution in [0.15, 0.2) is 41.8 Å². The number of rotatable bonds is 5. The monoisotopic (exact) mass is 413 g/mol. The molecular weight excluding hydrogens is 398 g/mol. The molecule has 27 heavy (non-hydrogen) atoms. The molecule has 2 atom stereocenters. The summed E-state index contributed by atoms with van der Waals surface area (Å²) in [6, 6.07) is 8.46.